The fraction of sp³-hybridized carbons (Fsp3) is 0.667. The van der Waals surface area contributed by atoms with E-state index in [0.717, 1.165) is 0 Å². The SMILES string of the molecule is [CH3][Hg][O]C(=O)C[S-].[Na+]. The van der Waals surface area contributed by atoms with Gasteiger partial charge in [-0.25, -0.2) is 0 Å². The Morgan fingerprint density at radius 3 is 2.50 bits per heavy atom. The quantitative estimate of drug-likeness (QED) is 0.403. The Labute approximate surface area is 89.5 Å². The minimum Gasteiger partial charge on any atom is 1.00 e. The zero-order valence-electron chi connectivity index (χ0n) is 5.14. The second kappa shape index (κ2) is 8.76. The van der Waals surface area contributed by atoms with Crippen LogP contribution in [0.4, 0.5) is 0 Å². The smallest absolute Gasteiger partial charge is 1.00 e. The van der Waals surface area contributed by atoms with E-state index in [1.807, 2.05) is 4.43 Å². The second-order valence-corrected chi connectivity index (χ2v) is 4.60. The first kappa shape index (κ1) is 12.4. The van der Waals surface area contributed by atoms with Gasteiger partial charge in [-0.1, -0.05) is 0 Å². The van der Waals surface area contributed by atoms with Gasteiger partial charge in [0.2, 0.25) is 0 Å². The van der Waals surface area contributed by atoms with Crippen LogP contribution in [0.1, 0.15) is 0 Å². The summed E-state index contributed by atoms with van der Waals surface area (Å²) in [4.78, 5) is 10.1. The van der Waals surface area contributed by atoms with Crippen molar-refractivity contribution >= 4 is 18.6 Å². The summed E-state index contributed by atoms with van der Waals surface area (Å²) >= 11 is 3.25. The van der Waals surface area contributed by atoms with E-state index in [4.69, 9.17) is 0 Å². The largest absolute Gasteiger partial charge is 1.00 e. The van der Waals surface area contributed by atoms with Crippen LogP contribution in [0.2, 0.25) is 4.43 Å². The van der Waals surface area contributed by atoms with Gasteiger partial charge in [0, 0.05) is 0 Å². The Kier molecular flexibility index (Phi) is 13.6. The molecule has 0 amide bonds. The molecule has 0 aliphatic carbocycles. The second-order valence-electron chi connectivity index (χ2n) is 0.949. The van der Waals surface area contributed by atoms with E-state index in [0.29, 0.717) is 0 Å². The molecule has 0 radical (unpaired) electrons. The summed E-state index contributed by atoms with van der Waals surface area (Å²) in [6, 6.07) is 0. The van der Waals surface area contributed by atoms with Gasteiger partial charge in [-0.05, 0) is 0 Å². The first-order valence-electron chi connectivity index (χ1n) is 2.05. The van der Waals surface area contributed by atoms with Crippen molar-refractivity contribution in [1.29, 1.82) is 0 Å². The summed E-state index contributed by atoms with van der Waals surface area (Å²) in [7, 11) is 0. The van der Waals surface area contributed by atoms with Gasteiger partial charge in [0.05, 0.1) is 0 Å². The van der Waals surface area contributed by atoms with Gasteiger partial charge in [0.15, 0.2) is 0 Å². The first-order chi connectivity index (χ1) is 3.31. The van der Waals surface area contributed by atoms with Crippen LogP contribution in [0.3, 0.4) is 0 Å². The topological polar surface area (TPSA) is 26.3 Å². The van der Waals surface area contributed by atoms with E-state index in [-0.39, 0.29) is 41.3 Å². The Morgan fingerprint density at radius 1 is 1.88 bits per heavy atom. The van der Waals surface area contributed by atoms with Crippen molar-refractivity contribution in [3.8, 4) is 0 Å². The average molecular weight is 329 g/mol. The molecule has 0 saturated carbocycles. The number of carbonyl (C=O) groups excluding carboxylic acids is 1. The van der Waals surface area contributed by atoms with Gasteiger partial charge in [-0.3, -0.25) is 0 Å². The van der Waals surface area contributed by atoms with Crippen molar-refractivity contribution in [3.63, 3.8) is 0 Å². The third kappa shape index (κ3) is 7.76. The maximum Gasteiger partial charge on any atom is 1.00 e. The number of hydrogen-bond donors (Lipinski definition) is 0. The van der Waals surface area contributed by atoms with Crippen LogP contribution in [0.25, 0.3) is 0 Å². The average Bonchev–Trinajstić information content (AvgIpc) is 1.68. The minimum atomic E-state index is -1.15. The summed E-state index contributed by atoms with van der Waals surface area (Å²) in [5.74, 6) is -0.0902. The van der Waals surface area contributed by atoms with Crippen molar-refractivity contribution in [1.82, 2.24) is 0 Å². The molecular formula is C3H5HgNaO2S. The van der Waals surface area contributed by atoms with Crippen LogP contribution in [0.5, 0.6) is 0 Å². The molecule has 0 bridgehead atoms. The molecule has 0 aromatic rings. The third-order valence-electron chi connectivity index (χ3n) is 0.423. The van der Waals surface area contributed by atoms with Gasteiger partial charge in [-0.15, -0.1) is 0 Å². The van der Waals surface area contributed by atoms with Crippen LogP contribution in [-0.2, 0) is 45.1 Å². The molecule has 8 heavy (non-hydrogen) atoms. The molecule has 0 aromatic carbocycles. The number of rotatable bonds is 2. The molecule has 0 spiro atoms. The first-order valence-corrected chi connectivity index (χ1v) is 10.4. The number of carbonyl (C=O) groups is 1. The Morgan fingerprint density at radius 2 is 2.38 bits per heavy atom. The van der Waals surface area contributed by atoms with E-state index < -0.39 is 25.0 Å². The monoisotopic (exact) mass is 330 g/mol. The normalized spacial score (nSPS) is 6.25. The van der Waals surface area contributed by atoms with Crippen LogP contribution < -0.4 is 29.6 Å². The van der Waals surface area contributed by atoms with E-state index in [2.05, 4.69) is 15.3 Å². The maximum absolute atomic E-state index is 10.1. The van der Waals surface area contributed by atoms with Gasteiger partial charge in [0.1, 0.15) is 0 Å². The molecule has 0 rings (SSSR count). The molecule has 38 valence electrons. The maximum atomic E-state index is 10.1. The molecule has 0 atom stereocenters. The summed E-state index contributed by atoms with van der Waals surface area (Å²) < 4.78 is 6.65. The summed E-state index contributed by atoms with van der Waals surface area (Å²) in [5.41, 5.74) is 0. The molecule has 0 N–H and O–H groups in total. The summed E-state index contributed by atoms with van der Waals surface area (Å²) in [5, 5.41) is 0. The van der Waals surface area contributed by atoms with Gasteiger partial charge >= 0.3 is 90.8 Å². The molecule has 0 aromatic heterocycles. The molecule has 0 heterocycles. The molecule has 2 nitrogen and oxygen atoms in total. The van der Waals surface area contributed by atoms with Gasteiger partial charge in [-0.2, -0.15) is 0 Å². The Hall–Kier alpha value is 1.76. The van der Waals surface area contributed by atoms with Crippen molar-refractivity contribution < 1.29 is 62.0 Å². The molecule has 0 saturated heterocycles. The molecule has 0 aliphatic rings. The summed E-state index contributed by atoms with van der Waals surface area (Å²) in [6.45, 7) is 0. The fourth-order valence-corrected chi connectivity index (χ4v) is 2.51. The number of hydrogen-bond acceptors (Lipinski definition) is 3. The van der Waals surface area contributed by atoms with Crippen LogP contribution >= 0.6 is 0 Å². The molecule has 0 aliphatic heterocycles. The van der Waals surface area contributed by atoms with E-state index in [1.54, 1.807) is 0 Å². The van der Waals surface area contributed by atoms with Crippen LogP contribution in [0, 0.1) is 0 Å². The zero-order valence-corrected chi connectivity index (χ0v) is 13.5. The predicted octanol–water partition coefficient (Wildman–Crippen LogP) is -2.87. The van der Waals surface area contributed by atoms with Crippen LogP contribution in [-0.4, -0.2) is 11.7 Å². The van der Waals surface area contributed by atoms with Gasteiger partial charge < -0.3 is 0 Å². The van der Waals surface area contributed by atoms with Gasteiger partial charge in [0.25, 0.3) is 0 Å². The third-order valence-corrected chi connectivity index (χ3v) is 3.03. The molecular weight excluding hydrogens is 324 g/mol. The fourth-order valence-electron chi connectivity index (χ4n) is 0.203. The standard InChI is InChI=1S/C2H4O2S.CH3.Hg.Na/c3-2(4)1-5;;;/h5H,1H2,(H,3,4);1H3;;/q;;2*+1/p-2. The van der Waals surface area contributed by atoms with Crippen molar-refractivity contribution in [3.05, 3.63) is 0 Å². The van der Waals surface area contributed by atoms with E-state index >= 15 is 0 Å². The molecule has 0 unspecified atom stereocenters. The Balaban J connectivity index is 0. The van der Waals surface area contributed by atoms with Crippen LogP contribution in [0.15, 0.2) is 0 Å². The van der Waals surface area contributed by atoms with E-state index in [1.165, 1.54) is 0 Å². The zero-order chi connectivity index (χ0) is 5.70. The van der Waals surface area contributed by atoms with E-state index in [9.17, 15) is 4.79 Å². The van der Waals surface area contributed by atoms with Crippen molar-refractivity contribution in [2.24, 2.45) is 0 Å². The minimum absolute atomic E-state index is 0. The molecule has 0 fully saturated rings. The Bertz CT molecular complexity index is 70.3. The molecule has 5 heteroatoms. The summed E-state index contributed by atoms with van der Waals surface area (Å²) in [6.07, 6.45) is 0. The predicted molar refractivity (Wildman–Crippen MR) is 24.2 cm³/mol. The van der Waals surface area contributed by atoms with Crippen molar-refractivity contribution in [2.45, 2.75) is 4.43 Å². The van der Waals surface area contributed by atoms with Crippen molar-refractivity contribution in [2.75, 3.05) is 5.75 Å².